The number of carbonyl (C=O) groups excluding carboxylic acids is 1. The van der Waals surface area contributed by atoms with Crippen LogP contribution in [0.4, 0.5) is 0 Å². The van der Waals surface area contributed by atoms with Gasteiger partial charge in [-0.1, -0.05) is 49.5 Å². The van der Waals surface area contributed by atoms with Gasteiger partial charge in [-0.2, -0.15) is 0 Å². The molecular formula is C19H18O2S. The Hall–Kier alpha value is -2.00. The summed E-state index contributed by atoms with van der Waals surface area (Å²) in [5.41, 5.74) is 1.92. The second-order valence-corrected chi connectivity index (χ2v) is 6.31. The van der Waals surface area contributed by atoms with Gasteiger partial charge < -0.3 is 4.74 Å². The van der Waals surface area contributed by atoms with Crippen molar-refractivity contribution in [2.45, 2.75) is 29.1 Å². The third-order valence-corrected chi connectivity index (χ3v) is 4.97. The van der Waals surface area contributed by atoms with Crippen molar-refractivity contribution in [3.8, 4) is 5.75 Å². The molecule has 0 N–H and O–H groups in total. The minimum atomic E-state index is -0.0649. The molecule has 1 aliphatic rings. The van der Waals surface area contributed by atoms with Crippen molar-refractivity contribution in [3.63, 3.8) is 0 Å². The summed E-state index contributed by atoms with van der Waals surface area (Å²) in [6.07, 6.45) is 2.52. The van der Waals surface area contributed by atoms with Crippen LogP contribution in [0, 0.1) is 0 Å². The fourth-order valence-corrected chi connectivity index (χ4v) is 3.92. The summed E-state index contributed by atoms with van der Waals surface area (Å²) < 4.78 is 5.60. The highest BCUT2D eigenvalue weighted by atomic mass is 32.2. The first kappa shape index (κ1) is 14.9. The molecule has 0 amide bonds. The molecule has 0 radical (unpaired) electrons. The van der Waals surface area contributed by atoms with Crippen LogP contribution in [0.5, 0.6) is 5.75 Å². The van der Waals surface area contributed by atoms with Gasteiger partial charge in [0.15, 0.2) is 5.78 Å². The zero-order chi connectivity index (χ0) is 15.5. The first-order chi connectivity index (χ1) is 10.7. The average Bonchev–Trinajstić information content (AvgIpc) is 2.66. The molecule has 22 heavy (non-hydrogen) atoms. The summed E-state index contributed by atoms with van der Waals surface area (Å²) in [5, 5.41) is 0. The Bertz CT molecular complexity index is 721. The smallest absolute Gasteiger partial charge is 0.171 e. The van der Waals surface area contributed by atoms with E-state index in [9.17, 15) is 4.79 Å². The van der Waals surface area contributed by atoms with Crippen LogP contribution in [0.1, 0.15) is 35.2 Å². The van der Waals surface area contributed by atoms with Gasteiger partial charge >= 0.3 is 0 Å². The summed E-state index contributed by atoms with van der Waals surface area (Å²) in [6.45, 7) is 6.19. The van der Waals surface area contributed by atoms with E-state index in [1.807, 2.05) is 30.3 Å². The Kier molecular flexibility index (Phi) is 4.34. The zero-order valence-corrected chi connectivity index (χ0v) is 13.4. The number of benzene rings is 2. The lowest BCUT2D eigenvalue weighted by Gasteiger charge is -2.14. The highest BCUT2D eigenvalue weighted by molar-refractivity contribution is 7.99. The lowest BCUT2D eigenvalue weighted by Crippen LogP contribution is -2.12. The van der Waals surface area contributed by atoms with Gasteiger partial charge in [0.1, 0.15) is 12.4 Å². The summed E-state index contributed by atoms with van der Waals surface area (Å²) >= 11 is 1.65. The van der Waals surface area contributed by atoms with Crippen molar-refractivity contribution in [2.75, 3.05) is 6.61 Å². The maximum absolute atomic E-state index is 12.9. The van der Waals surface area contributed by atoms with Crippen LogP contribution in [0.15, 0.2) is 64.9 Å². The zero-order valence-electron chi connectivity index (χ0n) is 12.5. The fraction of sp³-hybridized carbons (Fsp3) is 0.211. The van der Waals surface area contributed by atoms with E-state index in [0.717, 1.165) is 33.1 Å². The number of rotatable bonds is 4. The van der Waals surface area contributed by atoms with Crippen LogP contribution in [-0.2, 0) is 0 Å². The second-order valence-electron chi connectivity index (χ2n) is 5.22. The van der Waals surface area contributed by atoms with Crippen LogP contribution in [0.3, 0.4) is 0 Å². The Labute approximate surface area is 135 Å². The highest BCUT2D eigenvalue weighted by Gasteiger charge is 2.28. The largest absolute Gasteiger partial charge is 0.490 e. The van der Waals surface area contributed by atoms with Gasteiger partial charge in [0.2, 0.25) is 0 Å². The molecule has 2 nitrogen and oxygen atoms in total. The summed E-state index contributed by atoms with van der Waals surface area (Å²) in [6, 6.07) is 13.9. The van der Waals surface area contributed by atoms with Gasteiger partial charge in [0.05, 0.1) is 0 Å². The monoisotopic (exact) mass is 310 g/mol. The van der Waals surface area contributed by atoms with Gasteiger partial charge in [0.25, 0.3) is 0 Å². The molecule has 0 aromatic heterocycles. The summed E-state index contributed by atoms with van der Waals surface area (Å²) in [5.74, 6) is 0.904. The van der Waals surface area contributed by atoms with Crippen LogP contribution >= 0.6 is 11.8 Å². The first-order valence-electron chi connectivity index (χ1n) is 7.43. The van der Waals surface area contributed by atoms with Gasteiger partial charge in [-0.3, -0.25) is 4.79 Å². The molecule has 0 saturated heterocycles. The maximum atomic E-state index is 12.9. The van der Waals surface area contributed by atoms with Crippen molar-refractivity contribution < 1.29 is 9.53 Å². The molecule has 1 aliphatic heterocycles. The average molecular weight is 310 g/mol. The predicted octanol–water partition coefficient (Wildman–Crippen LogP) is 5.09. The van der Waals surface area contributed by atoms with E-state index in [2.05, 4.69) is 25.6 Å². The van der Waals surface area contributed by atoms with Gasteiger partial charge in [-0.05, 0) is 36.2 Å². The molecule has 0 bridgehead atoms. The Morgan fingerprint density at radius 3 is 2.82 bits per heavy atom. The van der Waals surface area contributed by atoms with Crippen LogP contribution < -0.4 is 4.74 Å². The number of ketones is 1. The third-order valence-electron chi connectivity index (χ3n) is 3.83. The number of hydrogen-bond acceptors (Lipinski definition) is 3. The lowest BCUT2D eigenvalue weighted by molar-refractivity contribution is 0.0954. The van der Waals surface area contributed by atoms with E-state index in [4.69, 9.17) is 4.74 Å². The minimum absolute atomic E-state index is 0.0649. The molecule has 2 aromatic carbocycles. The van der Waals surface area contributed by atoms with Crippen LogP contribution in [0.2, 0.25) is 0 Å². The second kappa shape index (κ2) is 6.41. The van der Waals surface area contributed by atoms with Crippen molar-refractivity contribution >= 4 is 17.5 Å². The van der Waals surface area contributed by atoms with Crippen molar-refractivity contribution in [2.24, 2.45) is 0 Å². The van der Waals surface area contributed by atoms with Crippen molar-refractivity contribution in [3.05, 3.63) is 66.2 Å². The van der Waals surface area contributed by atoms with Crippen molar-refractivity contribution in [1.29, 1.82) is 0 Å². The van der Waals surface area contributed by atoms with E-state index in [-0.39, 0.29) is 11.7 Å². The number of Topliss-reactive ketones (excluding diaryl/α,β-unsaturated/α-hetero) is 1. The molecule has 0 unspecified atom stereocenters. The topological polar surface area (TPSA) is 26.3 Å². The Balaban J connectivity index is 2.08. The molecule has 0 fully saturated rings. The summed E-state index contributed by atoms with van der Waals surface area (Å²) in [4.78, 5) is 15.0. The molecule has 3 rings (SSSR count). The normalized spacial score (nSPS) is 16.4. The van der Waals surface area contributed by atoms with Crippen LogP contribution in [0.25, 0.3) is 0 Å². The predicted molar refractivity (Wildman–Crippen MR) is 90.1 cm³/mol. The standard InChI is InChI=1S/C19H18O2S/c1-3-11-21-13-9-10-16-18(12-13)22-17-8-6-5-7-15(17)14(4-2)19(16)20/h3,5-10,12,14H,1,4,11H2,2H3/t14-/m0/s1. The first-order valence-corrected chi connectivity index (χ1v) is 8.25. The maximum Gasteiger partial charge on any atom is 0.171 e. The third kappa shape index (κ3) is 2.69. The number of hydrogen-bond donors (Lipinski definition) is 0. The molecule has 0 aliphatic carbocycles. The lowest BCUT2D eigenvalue weighted by atomic mass is 9.89. The van der Waals surface area contributed by atoms with E-state index >= 15 is 0 Å². The Morgan fingerprint density at radius 2 is 2.05 bits per heavy atom. The highest BCUT2D eigenvalue weighted by Crippen LogP contribution is 2.43. The Morgan fingerprint density at radius 1 is 1.23 bits per heavy atom. The SMILES string of the molecule is C=CCOc1ccc2c(c1)Sc1ccccc1[C@H](CC)C2=O. The van der Waals surface area contributed by atoms with Gasteiger partial charge in [0, 0.05) is 21.3 Å². The summed E-state index contributed by atoms with van der Waals surface area (Å²) in [7, 11) is 0. The molecule has 3 heteroatoms. The molecule has 1 heterocycles. The van der Waals surface area contributed by atoms with Gasteiger partial charge in [-0.25, -0.2) is 0 Å². The van der Waals surface area contributed by atoms with Crippen molar-refractivity contribution in [1.82, 2.24) is 0 Å². The quantitative estimate of drug-likeness (QED) is 0.736. The minimum Gasteiger partial charge on any atom is -0.490 e. The molecule has 0 saturated carbocycles. The number of fused-ring (bicyclic) bond motifs is 2. The van der Waals surface area contributed by atoms with Gasteiger partial charge in [-0.15, -0.1) is 0 Å². The molecular weight excluding hydrogens is 292 g/mol. The van der Waals surface area contributed by atoms with E-state index in [1.165, 1.54) is 0 Å². The van der Waals surface area contributed by atoms with Crippen LogP contribution in [-0.4, -0.2) is 12.4 Å². The van der Waals surface area contributed by atoms with E-state index < -0.39 is 0 Å². The molecule has 0 spiro atoms. The van der Waals surface area contributed by atoms with E-state index in [1.54, 1.807) is 17.8 Å². The molecule has 112 valence electrons. The number of carbonyl (C=O) groups is 1. The molecule has 1 atom stereocenters. The fourth-order valence-electron chi connectivity index (χ4n) is 2.75. The van der Waals surface area contributed by atoms with E-state index in [0.29, 0.717) is 6.61 Å². The number of ether oxygens (including phenoxy) is 1. The molecule has 2 aromatic rings.